The molecule has 0 atom stereocenters. The summed E-state index contributed by atoms with van der Waals surface area (Å²) in [5.41, 5.74) is 2.40. The second-order valence-corrected chi connectivity index (χ2v) is 7.81. The van der Waals surface area contributed by atoms with Crippen molar-refractivity contribution in [3.05, 3.63) is 28.8 Å². The first-order chi connectivity index (χ1) is 9.69. The number of ether oxygens (including phenoxy) is 1. The Morgan fingerprint density at radius 3 is 2.62 bits per heavy atom. The Hall–Kier alpha value is -0.770. The topological polar surface area (TPSA) is 24.5 Å². The highest BCUT2D eigenvalue weighted by atomic mass is 35.5. The van der Waals surface area contributed by atoms with Gasteiger partial charge in [0.25, 0.3) is 0 Å². The Morgan fingerprint density at radius 2 is 2.05 bits per heavy atom. The molecule has 1 aliphatic heterocycles. The zero-order valence-electron chi connectivity index (χ0n) is 13.8. The van der Waals surface area contributed by atoms with Crippen molar-refractivity contribution in [2.24, 2.45) is 0 Å². The molecule has 1 N–H and O–H groups in total. The van der Waals surface area contributed by atoms with Gasteiger partial charge in [-0.25, -0.2) is 0 Å². The molecule has 0 bridgehead atoms. The highest BCUT2D eigenvalue weighted by Gasteiger charge is 2.31. The van der Waals surface area contributed by atoms with Crippen LogP contribution in [0.15, 0.2) is 18.2 Å². The molecule has 1 saturated heterocycles. The van der Waals surface area contributed by atoms with E-state index < -0.39 is 0 Å². The van der Waals surface area contributed by atoms with Gasteiger partial charge in [0.1, 0.15) is 0 Å². The van der Waals surface area contributed by atoms with Crippen LogP contribution in [0.3, 0.4) is 0 Å². The third kappa shape index (κ3) is 4.35. The molecule has 0 amide bonds. The van der Waals surface area contributed by atoms with E-state index in [9.17, 15) is 0 Å². The average Bonchev–Trinajstić information content (AvgIpc) is 2.36. The van der Waals surface area contributed by atoms with E-state index in [2.05, 4.69) is 63.0 Å². The van der Waals surface area contributed by atoms with Gasteiger partial charge in [-0.15, -0.1) is 0 Å². The summed E-state index contributed by atoms with van der Waals surface area (Å²) < 4.78 is 5.58. The highest BCUT2D eigenvalue weighted by molar-refractivity contribution is 6.33. The van der Waals surface area contributed by atoms with Crippen LogP contribution in [0.2, 0.25) is 5.02 Å². The van der Waals surface area contributed by atoms with Crippen molar-refractivity contribution in [2.45, 2.75) is 52.2 Å². The maximum Gasteiger partial charge on any atom is 0.0694 e. The molecule has 0 radical (unpaired) electrons. The minimum absolute atomic E-state index is 0.0208. The molecule has 0 aliphatic carbocycles. The van der Waals surface area contributed by atoms with Crippen molar-refractivity contribution in [3.63, 3.8) is 0 Å². The van der Waals surface area contributed by atoms with Crippen molar-refractivity contribution >= 4 is 17.3 Å². The van der Waals surface area contributed by atoms with Crippen LogP contribution in [0.1, 0.15) is 40.2 Å². The summed E-state index contributed by atoms with van der Waals surface area (Å²) in [6.07, 6.45) is 0. The fourth-order valence-electron chi connectivity index (χ4n) is 2.55. The monoisotopic (exact) mass is 310 g/mol. The van der Waals surface area contributed by atoms with Gasteiger partial charge in [0.05, 0.1) is 29.5 Å². The van der Waals surface area contributed by atoms with E-state index in [1.54, 1.807) is 0 Å². The summed E-state index contributed by atoms with van der Waals surface area (Å²) in [5.74, 6) is 0. The molecule has 1 fully saturated rings. The number of halogens is 1. The molecule has 0 aromatic heterocycles. The Bertz CT molecular complexity index is 494. The standard InChI is InChI=1S/C17H27ClN2O/c1-16(2,3)19-11-13-6-7-15(14(18)10-13)20-8-9-21-12-17(20,4)5/h6-7,10,19H,8-9,11-12H2,1-5H3. The van der Waals surface area contributed by atoms with Gasteiger partial charge in [0, 0.05) is 18.6 Å². The van der Waals surface area contributed by atoms with E-state index >= 15 is 0 Å². The number of hydrogen-bond donors (Lipinski definition) is 1. The number of anilines is 1. The Balaban J connectivity index is 2.15. The summed E-state index contributed by atoms with van der Waals surface area (Å²) in [4.78, 5) is 2.35. The fourth-order valence-corrected chi connectivity index (χ4v) is 2.86. The second-order valence-electron chi connectivity index (χ2n) is 7.41. The fraction of sp³-hybridized carbons (Fsp3) is 0.647. The molecular formula is C17H27ClN2O. The molecular weight excluding hydrogens is 284 g/mol. The lowest BCUT2D eigenvalue weighted by Crippen LogP contribution is -2.53. The van der Waals surface area contributed by atoms with Gasteiger partial charge in [-0.2, -0.15) is 0 Å². The largest absolute Gasteiger partial charge is 0.377 e. The minimum Gasteiger partial charge on any atom is -0.377 e. The van der Waals surface area contributed by atoms with Crippen LogP contribution in [0.5, 0.6) is 0 Å². The minimum atomic E-state index is -0.0208. The molecule has 1 aliphatic rings. The lowest BCUT2D eigenvalue weighted by molar-refractivity contribution is 0.0644. The zero-order chi connectivity index (χ0) is 15.7. The molecule has 118 valence electrons. The lowest BCUT2D eigenvalue weighted by atomic mass is 10.0. The molecule has 2 rings (SSSR count). The molecule has 21 heavy (non-hydrogen) atoms. The first kappa shape index (κ1) is 16.6. The normalized spacial score (nSPS) is 18.9. The van der Waals surface area contributed by atoms with Crippen molar-refractivity contribution in [1.29, 1.82) is 0 Å². The summed E-state index contributed by atoms with van der Waals surface area (Å²) in [6, 6.07) is 6.36. The first-order valence-electron chi connectivity index (χ1n) is 7.58. The quantitative estimate of drug-likeness (QED) is 0.918. The summed E-state index contributed by atoms with van der Waals surface area (Å²) in [5, 5.41) is 4.31. The van der Waals surface area contributed by atoms with E-state index in [1.807, 2.05) is 0 Å². The van der Waals surface area contributed by atoms with Crippen LogP contribution >= 0.6 is 11.6 Å². The maximum absolute atomic E-state index is 6.53. The van der Waals surface area contributed by atoms with E-state index in [1.165, 1.54) is 5.56 Å². The molecule has 0 saturated carbocycles. The molecule has 0 spiro atoms. The van der Waals surface area contributed by atoms with Crippen molar-refractivity contribution < 1.29 is 4.74 Å². The van der Waals surface area contributed by atoms with Crippen LogP contribution in [0.4, 0.5) is 5.69 Å². The summed E-state index contributed by atoms with van der Waals surface area (Å²) in [7, 11) is 0. The zero-order valence-corrected chi connectivity index (χ0v) is 14.5. The Morgan fingerprint density at radius 1 is 1.33 bits per heavy atom. The molecule has 3 nitrogen and oxygen atoms in total. The Kier molecular flexibility index (Phi) is 4.86. The number of benzene rings is 1. The summed E-state index contributed by atoms with van der Waals surface area (Å²) >= 11 is 6.53. The number of nitrogens with one attached hydrogen (secondary N) is 1. The third-order valence-corrected chi connectivity index (χ3v) is 4.07. The van der Waals surface area contributed by atoms with Gasteiger partial charge < -0.3 is 15.0 Å². The average molecular weight is 311 g/mol. The molecule has 4 heteroatoms. The van der Waals surface area contributed by atoms with Crippen LogP contribution in [-0.2, 0) is 11.3 Å². The van der Waals surface area contributed by atoms with Crippen LogP contribution in [0, 0.1) is 0 Å². The molecule has 1 aromatic rings. The van der Waals surface area contributed by atoms with Crippen molar-refractivity contribution in [1.82, 2.24) is 5.32 Å². The van der Waals surface area contributed by atoms with Crippen LogP contribution in [0.25, 0.3) is 0 Å². The van der Waals surface area contributed by atoms with Gasteiger partial charge in [0.15, 0.2) is 0 Å². The molecule has 1 heterocycles. The molecule has 1 aromatic carbocycles. The Labute approximate surface area is 133 Å². The molecule has 0 unspecified atom stereocenters. The maximum atomic E-state index is 6.53. The van der Waals surface area contributed by atoms with Crippen LogP contribution < -0.4 is 10.2 Å². The third-order valence-electron chi connectivity index (χ3n) is 3.77. The van der Waals surface area contributed by atoms with Gasteiger partial charge >= 0.3 is 0 Å². The summed E-state index contributed by atoms with van der Waals surface area (Å²) in [6.45, 7) is 14.1. The van der Waals surface area contributed by atoms with Gasteiger partial charge in [0.2, 0.25) is 0 Å². The first-order valence-corrected chi connectivity index (χ1v) is 7.96. The predicted octanol–water partition coefficient (Wildman–Crippen LogP) is 3.84. The van der Waals surface area contributed by atoms with Crippen molar-refractivity contribution in [3.8, 4) is 0 Å². The van der Waals surface area contributed by atoms with Gasteiger partial charge in [-0.05, 0) is 52.3 Å². The SMILES string of the molecule is CC(C)(C)NCc1ccc(N2CCOCC2(C)C)c(Cl)c1. The second kappa shape index (κ2) is 6.15. The number of nitrogens with zero attached hydrogens (tertiary/aromatic N) is 1. The van der Waals surface area contributed by atoms with Crippen LogP contribution in [-0.4, -0.2) is 30.8 Å². The number of morpholine rings is 1. The number of hydrogen-bond acceptors (Lipinski definition) is 3. The van der Waals surface area contributed by atoms with E-state index in [-0.39, 0.29) is 11.1 Å². The van der Waals surface area contributed by atoms with Crippen molar-refractivity contribution in [2.75, 3.05) is 24.7 Å². The number of rotatable bonds is 3. The predicted molar refractivity (Wildman–Crippen MR) is 90.3 cm³/mol. The van der Waals surface area contributed by atoms with Gasteiger partial charge in [-0.1, -0.05) is 17.7 Å². The lowest BCUT2D eigenvalue weighted by Gasteiger charge is -2.44. The van der Waals surface area contributed by atoms with E-state index in [4.69, 9.17) is 16.3 Å². The van der Waals surface area contributed by atoms with Gasteiger partial charge in [-0.3, -0.25) is 0 Å². The van der Waals surface area contributed by atoms with E-state index in [0.29, 0.717) is 0 Å². The highest BCUT2D eigenvalue weighted by Crippen LogP contribution is 2.33. The van der Waals surface area contributed by atoms with E-state index in [0.717, 1.165) is 37.0 Å². The smallest absolute Gasteiger partial charge is 0.0694 e.